The van der Waals surface area contributed by atoms with Gasteiger partial charge in [-0.15, -0.1) is 0 Å². The molecule has 8 heteroatoms. The van der Waals surface area contributed by atoms with Gasteiger partial charge in [-0.3, -0.25) is 20.0 Å². The number of amides is 1. The number of nitrogens with one attached hydrogen (secondary N) is 2. The van der Waals surface area contributed by atoms with Crippen LogP contribution >= 0.6 is 0 Å². The second-order valence-corrected chi connectivity index (χ2v) is 4.60. The van der Waals surface area contributed by atoms with E-state index in [1.807, 2.05) is 0 Å². The van der Waals surface area contributed by atoms with Gasteiger partial charge >= 0.3 is 0 Å². The Hall–Kier alpha value is -2.48. The molecule has 1 aliphatic heterocycles. The number of nitrogens with zero attached hydrogens (tertiary/aromatic N) is 3. The van der Waals surface area contributed by atoms with Crippen LogP contribution in [-0.2, 0) is 0 Å². The highest BCUT2D eigenvalue weighted by Crippen LogP contribution is 2.23. The minimum absolute atomic E-state index is 0.0479. The molecule has 0 bridgehead atoms. The second kappa shape index (κ2) is 4.89. The smallest absolute Gasteiger partial charge is 0.275 e. The summed E-state index contributed by atoms with van der Waals surface area (Å²) in [4.78, 5) is 24.4. The van der Waals surface area contributed by atoms with Gasteiger partial charge in [0.15, 0.2) is 5.69 Å². The van der Waals surface area contributed by atoms with Crippen LogP contribution < -0.4 is 5.32 Å². The largest absolute Gasteiger partial charge is 0.335 e. The molecule has 0 atom stereocenters. The lowest BCUT2D eigenvalue weighted by atomic mass is 10.1. The van der Waals surface area contributed by atoms with E-state index < -0.39 is 4.92 Å². The van der Waals surface area contributed by atoms with Gasteiger partial charge in [0, 0.05) is 43.7 Å². The number of non-ortho nitro benzene ring substituents is 1. The number of hydrogen-bond donors (Lipinski definition) is 2. The molecule has 1 aromatic carbocycles. The summed E-state index contributed by atoms with van der Waals surface area (Å²) in [6, 6.07) is 4.34. The van der Waals surface area contributed by atoms with Crippen molar-refractivity contribution >= 4 is 22.5 Å². The molecule has 2 heterocycles. The summed E-state index contributed by atoms with van der Waals surface area (Å²) in [5.74, 6) is -0.196. The zero-order valence-corrected chi connectivity index (χ0v) is 10.6. The van der Waals surface area contributed by atoms with Gasteiger partial charge in [0.05, 0.1) is 10.4 Å². The first-order valence-electron chi connectivity index (χ1n) is 6.29. The molecule has 2 aromatic rings. The van der Waals surface area contributed by atoms with Crippen molar-refractivity contribution in [2.45, 2.75) is 0 Å². The molecule has 0 spiro atoms. The molecule has 0 saturated carbocycles. The maximum absolute atomic E-state index is 12.4. The van der Waals surface area contributed by atoms with Crippen molar-refractivity contribution in [3.05, 3.63) is 34.0 Å². The molecule has 1 aliphatic rings. The van der Waals surface area contributed by atoms with Gasteiger partial charge in [-0.2, -0.15) is 5.10 Å². The Labute approximate surface area is 113 Å². The van der Waals surface area contributed by atoms with Crippen molar-refractivity contribution in [3.63, 3.8) is 0 Å². The second-order valence-electron chi connectivity index (χ2n) is 4.60. The van der Waals surface area contributed by atoms with Gasteiger partial charge in [0.1, 0.15) is 0 Å². The molecule has 3 rings (SSSR count). The summed E-state index contributed by atoms with van der Waals surface area (Å²) in [5.41, 5.74) is 0.813. The average Bonchev–Trinajstić information content (AvgIpc) is 2.90. The lowest BCUT2D eigenvalue weighted by molar-refractivity contribution is -0.384. The summed E-state index contributed by atoms with van der Waals surface area (Å²) in [7, 11) is 0. The Bertz CT molecular complexity index is 675. The van der Waals surface area contributed by atoms with Gasteiger partial charge in [0.2, 0.25) is 0 Å². The molecule has 1 fully saturated rings. The van der Waals surface area contributed by atoms with Crippen LogP contribution in [0.3, 0.4) is 0 Å². The number of aromatic amines is 1. The van der Waals surface area contributed by atoms with Crippen molar-refractivity contribution in [2.75, 3.05) is 26.2 Å². The van der Waals surface area contributed by atoms with Gasteiger partial charge in [-0.05, 0) is 6.07 Å². The highest BCUT2D eigenvalue weighted by molar-refractivity contribution is 6.05. The lowest BCUT2D eigenvalue weighted by Gasteiger charge is -2.26. The SMILES string of the molecule is O=C(c1n[nH]c2ccc([N+](=O)[O-])cc12)N1CCNCC1. The third-order valence-electron chi connectivity index (χ3n) is 3.36. The van der Waals surface area contributed by atoms with Gasteiger partial charge in [0.25, 0.3) is 11.6 Å². The molecule has 2 N–H and O–H groups in total. The van der Waals surface area contributed by atoms with E-state index >= 15 is 0 Å². The highest BCUT2D eigenvalue weighted by Gasteiger charge is 2.23. The maximum Gasteiger partial charge on any atom is 0.275 e. The third-order valence-corrected chi connectivity index (χ3v) is 3.36. The molecular formula is C12H13N5O3. The summed E-state index contributed by atoms with van der Waals surface area (Å²) in [5, 5.41) is 21.2. The number of carbonyl (C=O) groups excluding carboxylic acids is 1. The number of hydrogen-bond acceptors (Lipinski definition) is 5. The van der Waals surface area contributed by atoms with Crippen LogP contribution in [0.1, 0.15) is 10.5 Å². The molecule has 1 aromatic heterocycles. The van der Waals surface area contributed by atoms with Crippen LogP contribution in [-0.4, -0.2) is 52.1 Å². The fourth-order valence-electron chi connectivity index (χ4n) is 2.30. The number of H-pyrrole nitrogens is 1. The zero-order valence-electron chi connectivity index (χ0n) is 10.6. The molecule has 0 aliphatic carbocycles. The monoisotopic (exact) mass is 275 g/mol. The Morgan fingerprint density at radius 2 is 2.10 bits per heavy atom. The summed E-state index contributed by atoms with van der Waals surface area (Å²) < 4.78 is 0. The molecule has 1 saturated heterocycles. The predicted molar refractivity (Wildman–Crippen MR) is 71.5 cm³/mol. The Morgan fingerprint density at radius 3 is 2.80 bits per heavy atom. The number of aromatic nitrogens is 2. The Kier molecular flexibility index (Phi) is 3.07. The van der Waals surface area contributed by atoms with Gasteiger partial charge in [-0.25, -0.2) is 0 Å². The molecule has 20 heavy (non-hydrogen) atoms. The molecule has 1 amide bonds. The minimum atomic E-state index is -0.481. The topological polar surface area (TPSA) is 104 Å². The van der Waals surface area contributed by atoms with E-state index in [0.717, 1.165) is 13.1 Å². The average molecular weight is 275 g/mol. The molecule has 8 nitrogen and oxygen atoms in total. The summed E-state index contributed by atoms with van der Waals surface area (Å²) >= 11 is 0. The summed E-state index contributed by atoms with van der Waals surface area (Å²) in [6.45, 7) is 2.71. The van der Waals surface area contributed by atoms with E-state index in [9.17, 15) is 14.9 Å². The highest BCUT2D eigenvalue weighted by atomic mass is 16.6. The van der Waals surface area contributed by atoms with Gasteiger partial charge in [-0.1, -0.05) is 0 Å². The van der Waals surface area contributed by atoms with Crippen molar-refractivity contribution in [3.8, 4) is 0 Å². The Balaban J connectivity index is 2.00. The van der Waals surface area contributed by atoms with E-state index in [2.05, 4.69) is 15.5 Å². The number of carbonyl (C=O) groups is 1. The van der Waals surface area contributed by atoms with Crippen LogP contribution in [0.2, 0.25) is 0 Å². The van der Waals surface area contributed by atoms with Crippen LogP contribution in [0.25, 0.3) is 10.9 Å². The standard InChI is InChI=1S/C12H13N5O3/c18-12(16-5-3-13-4-6-16)11-9-7-8(17(19)20)1-2-10(9)14-15-11/h1-2,7,13H,3-6H2,(H,14,15). The number of nitro groups is 1. The summed E-state index contributed by atoms with van der Waals surface area (Å²) in [6.07, 6.45) is 0. The van der Waals surface area contributed by atoms with E-state index in [1.165, 1.54) is 12.1 Å². The van der Waals surface area contributed by atoms with Crippen molar-refractivity contribution < 1.29 is 9.72 Å². The number of rotatable bonds is 2. The minimum Gasteiger partial charge on any atom is -0.335 e. The number of benzene rings is 1. The number of fused-ring (bicyclic) bond motifs is 1. The molecule has 104 valence electrons. The van der Waals surface area contributed by atoms with E-state index in [-0.39, 0.29) is 17.3 Å². The normalized spacial score (nSPS) is 15.5. The van der Waals surface area contributed by atoms with Crippen molar-refractivity contribution in [1.29, 1.82) is 0 Å². The zero-order chi connectivity index (χ0) is 14.1. The predicted octanol–water partition coefficient (Wildman–Crippen LogP) is 0.516. The molecular weight excluding hydrogens is 262 g/mol. The van der Waals surface area contributed by atoms with Crippen molar-refractivity contribution in [1.82, 2.24) is 20.4 Å². The quantitative estimate of drug-likeness (QED) is 0.614. The van der Waals surface area contributed by atoms with E-state index in [0.29, 0.717) is 24.0 Å². The van der Waals surface area contributed by atoms with E-state index in [1.54, 1.807) is 11.0 Å². The number of nitro benzene ring substituents is 1. The first-order valence-corrected chi connectivity index (χ1v) is 6.29. The fraction of sp³-hybridized carbons (Fsp3) is 0.333. The Morgan fingerprint density at radius 1 is 1.35 bits per heavy atom. The maximum atomic E-state index is 12.4. The lowest BCUT2D eigenvalue weighted by Crippen LogP contribution is -2.46. The van der Waals surface area contributed by atoms with Crippen LogP contribution in [0.4, 0.5) is 5.69 Å². The first-order chi connectivity index (χ1) is 9.66. The van der Waals surface area contributed by atoms with Crippen LogP contribution in [0.15, 0.2) is 18.2 Å². The number of piperazine rings is 1. The van der Waals surface area contributed by atoms with E-state index in [4.69, 9.17) is 0 Å². The first kappa shape index (κ1) is 12.5. The molecule has 0 radical (unpaired) electrons. The van der Waals surface area contributed by atoms with Crippen LogP contribution in [0, 0.1) is 10.1 Å². The van der Waals surface area contributed by atoms with Crippen molar-refractivity contribution in [2.24, 2.45) is 0 Å². The van der Waals surface area contributed by atoms with Gasteiger partial charge < -0.3 is 10.2 Å². The molecule has 0 unspecified atom stereocenters. The van der Waals surface area contributed by atoms with Crippen LogP contribution in [0.5, 0.6) is 0 Å². The third kappa shape index (κ3) is 2.10. The fourth-order valence-corrected chi connectivity index (χ4v) is 2.30.